The van der Waals surface area contributed by atoms with Crippen molar-refractivity contribution in [1.82, 2.24) is 4.90 Å². The van der Waals surface area contributed by atoms with E-state index in [9.17, 15) is 0 Å². The van der Waals surface area contributed by atoms with E-state index in [-0.39, 0.29) is 0 Å². The highest BCUT2D eigenvalue weighted by Crippen LogP contribution is 2.45. The molecule has 3 nitrogen and oxygen atoms in total. The predicted molar refractivity (Wildman–Crippen MR) is 128 cm³/mol. The van der Waals surface area contributed by atoms with Crippen LogP contribution in [0.1, 0.15) is 29.9 Å². The van der Waals surface area contributed by atoms with E-state index in [1.54, 1.807) is 7.11 Å². The molecule has 3 aromatic rings. The number of benzene rings is 3. The zero-order valence-electron chi connectivity index (χ0n) is 18.5. The standard InChI is InChI=1S/C28H32N2O/c1-29(24-15-9-10-16-25(24)31-2)27-23-17-19-30(20-18-23)28(27)26(21-11-5-3-6-12-21)22-13-7-4-8-14-22/h3-16,23,26-28H,17-20H2,1-2H3. The summed E-state index contributed by atoms with van der Waals surface area (Å²) >= 11 is 0. The van der Waals surface area contributed by atoms with Crippen LogP contribution in [0.4, 0.5) is 5.69 Å². The number of fused-ring (bicyclic) bond motifs is 3. The largest absolute Gasteiger partial charge is 0.495 e. The van der Waals surface area contributed by atoms with Crippen molar-refractivity contribution in [2.45, 2.75) is 30.8 Å². The molecular weight excluding hydrogens is 380 g/mol. The summed E-state index contributed by atoms with van der Waals surface area (Å²) < 4.78 is 5.75. The molecule has 3 aliphatic heterocycles. The van der Waals surface area contributed by atoms with Gasteiger partial charge in [-0.25, -0.2) is 0 Å². The van der Waals surface area contributed by atoms with Crippen LogP contribution in [0.25, 0.3) is 0 Å². The van der Waals surface area contributed by atoms with Crippen LogP contribution in [0.2, 0.25) is 0 Å². The molecule has 2 bridgehead atoms. The highest BCUT2D eigenvalue weighted by Gasteiger charge is 2.48. The fourth-order valence-corrected chi connectivity index (χ4v) is 6.00. The number of methoxy groups -OCH3 is 1. The van der Waals surface area contributed by atoms with E-state index in [4.69, 9.17) is 4.74 Å². The van der Waals surface area contributed by atoms with E-state index in [1.165, 1.54) is 42.7 Å². The van der Waals surface area contributed by atoms with Gasteiger partial charge in [0.2, 0.25) is 0 Å². The number of anilines is 1. The van der Waals surface area contributed by atoms with Gasteiger partial charge >= 0.3 is 0 Å². The first kappa shape index (κ1) is 20.1. The fraction of sp³-hybridized carbons (Fsp3) is 0.357. The predicted octanol–water partition coefficient (Wildman–Crippen LogP) is 5.43. The van der Waals surface area contributed by atoms with Crippen molar-refractivity contribution >= 4 is 5.69 Å². The number of ether oxygens (including phenoxy) is 1. The van der Waals surface area contributed by atoms with Gasteiger partial charge in [-0.2, -0.15) is 0 Å². The lowest BCUT2D eigenvalue weighted by Gasteiger charge is -2.56. The van der Waals surface area contributed by atoms with Gasteiger partial charge in [0.15, 0.2) is 0 Å². The zero-order chi connectivity index (χ0) is 21.2. The summed E-state index contributed by atoms with van der Waals surface area (Å²) in [6.45, 7) is 2.39. The molecule has 0 saturated carbocycles. The molecule has 3 aliphatic rings. The van der Waals surface area contributed by atoms with Gasteiger partial charge in [-0.15, -0.1) is 0 Å². The molecule has 6 rings (SSSR count). The van der Waals surface area contributed by atoms with E-state index >= 15 is 0 Å². The van der Waals surface area contributed by atoms with E-state index in [0.717, 1.165) is 5.75 Å². The molecule has 0 spiro atoms. The van der Waals surface area contributed by atoms with Gasteiger partial charge < -0.3 is 9.64 Å². The minimum Gasteiger partial charge on any atom is -0.495 e. The topological polar surface area (TPSA) is 15.7 Å². The van der Waals surface area contributed by atoms with E-state index in [0.29, 0.717) is 23.9 Å². The number of para-hydroxylation sites is 2. The Balaban J connectivity index is 1.61. The summed E-state index contributed by atoms with van der Waals surface area (Å²) in [7, 11) is 4.04. The number of hydrogen-bond donors (Lipinski definition) is 0. The minimum absolute atomic E-state index is 0.340. The third-order valence-electron chi connectivity index (χ3n) is 7.40. The third kappa shape index (κ3) is 3.72. The normalized spacial score (nSPS) is 24.9. The summed E-state index contributed by atoms with van der Waals surface area (Å²) in [4.78, 5) is 5.26. The molecule has 0 radical (unpaired) electrons. The first-order valence-electron chi connectivity index (χ1n) is 11.5. The second-order valence-electron chi connectivity index (χ2n) is 8.94. The molecule has 3 heterocycles. The van der Waals surface area contributed by atoms with Crippen molar-refractivity contribution in [2.24, 2.45) is 5.92 Å². The Morgan fingerprint density at radius 2 is 1.35 bits per heavy atom. The Kier molecular flexibility index (Phi) is 5.69. The first-order chi connectivity index (χ1) is 15.3. The number of nitrogens with zero attached hydrogens (tertiary/aromatic N) is 2. The molecular formula is C28H32N2O. The summed E-state index contributed by atoms with van der Waals surface area (Å²) in [5.74, 6) is 1.99. The number of likely N-dealkylation sites (N-methyl/N-ethyl adjacent to an activating group) is 1. The van der Waals surface area contributed by atoms with Crippen molar-refractivity contribution in [3.05, 3.63) is 96.1 Å². The summed E-state index contributed by atoms with van der Waals surface area (Å²) in [5, 5.41) is 0. The van der Waals surface area contributed by atoms with Crippen LogP contribution in [0, 0.1) is 5.92 Å². The summed E-state index contributed by atoms with van der Waals surface area (Å²) in [5.41, 5.74) is 4.00. The molecule has 2 unspecified atom stereocenters. The molecule has 0 aliphatic carbocycles. The molecule has 3 heteroatoms. The maximum atomic E-state index is 5.75. The molecule has 0 N–H and O–H groups in total. The van der Waals surface area contributed by atoms with Gasteiger partial charge in [0.25, 0.3) is 0 Å². The van der Waals surface area contributed by atoms with Crippen LogP contribution >= 0.6 is 0 Å². The maximum absolute atomic E-state index is 5.75. The van der Waals surface area contributed by atoms with Crippen LogP contribution in [0.15, 0.2) is 84.9 Å². The molecule has 31 heavy (non-hydrogen) atoms. The smallest absolute Gasteiger partial charge is 0.142 e. The first-order valence-corrected chi connectivity index (χ1v) is 11.5. The van der Waals surface area contributed by atoms with Gasteiger partial charge in [-0.1, -0.05) is 72.8 Å². The van der Waals surface area contributed by atoms with Crippen LogP contribution in [-0.4, -0.2) is 44.2 Å². The molecule has 2 atom stereocenters. The molecule has 3 fully saturated rings. The van der Waals surface area contributed by atoms with Crippen LogP contribution in [0.3, 0.4) is 0 Å². The quantitative estimate of drug-likeness (QED) is 0.537. The second-order valence-corrected chi connectivity index (χ2v) is 8.94. The Morgan fingerprint density at radius 1 is 0.806 bits per heavy atom. The molecule has 0 aromatic heterocycles. The second kappa shape index (κ2) is 8.76. The number of rotatable bonds is 6. The van der Waals surface area contributed by atoms with Crippen molar-refractivity contribution in [3.63, 3.8) is 0 Å². The zero-order valence-corrected chi connectivity index (χ0v) is 18.5. The highest BCUT2D eigenvalue weighted by atomic mass is 16.5. The monoisotopic (exact) mass is 412 g/mol. The van der Waals surface area contributed by atoms with Crippen molar-refractivity contribution < 1.29 is 4.74 Å². The molecule has 0 amide bonds. The van der Waals surface area contributed by atoms with Crippen LogP contribution < -0.4 is 9.64 Å². The summed E-state index contributed by atoms with van der Waals surface area (Å²) in [6.07, 6.45) is 2.55. The fourth-order valence-electron chi connectivity index (χ4n) is 6.00. The lowest BCUT2D eigenvalue weighted by atomic mass is 9.70. The van der Waals surface area contributed by atoms with Gasteiger partial charge in [-0.05, 0) is 55.1 Å². The Morgan fingerprint density at radius 3 is 1.94 bits per heavy atom. The van der Waals surface area contributed by atoms with Gasteiger partial charge in [-0.3, -0.25) is 4.90 Å². The molecule has 3 saturated heterocycles. The maximum Gasteiger partial charge on any atom is 0.142 e. The van der Waals surface area contributed by atoms with Crippen LogP contribution in [0.5, 0.6) is 5.75 Å². The average molecular weight is 413 g/mol. The third-order valence-corrected chi connectivity index (χ3v) is 7.40. The Labute approximate surface area is 186 Å². The van der Waals surface area contributed by atoms with E-state index in [2.05, 4.69) is 102 Å². The van der Waals surface area contributed by atoms with Gasteiger partial charge in [0, 0.05) is 25.0 Å². The van der Waals surface area contributed by atoms with Crippen molar-refractivity contribution in [3.8, 4) is 5.75 Å². The lowest BCUT2D eigenvalue weighted by Crippen LogP contribution is -2.65. The Hall–Kier alpha value is -2.78. The molecule has 3 aromatic carbocycles. The van der Waals surface area contributed by atoms with Gasteiger partial charge in [0.1, 0.15) is 5.75 Å². The Bertz CT molecular complexity index is 943. The molecule has 160 valence electrons. The number of hydrogen-bond acceptors (Lipinski definition) is 3. The highest BCUT2D eigenvalue weighted by molar-refractivity contribution is 5.59. The van der Waals surface area contributed by atoms with E-state index in [1.807, 2.05) is 0 Å². The average Bonchev–Trinajstić information content (AvgIpc) is 2.86. The van der Waals surface area contributed by atoms with E-state index < -0.39 is 0 Å². The van der Waals surface area contributed by atoms with Crippen molar-refractivity contribution in [1.29, 1.82) is 0 Å². The minimum atomic E-state index is 0.340. The number of piperidine rings is 3. The van der Waals surface area contributed by atoms with Crippen LogP contribution in [-0.2, 0) is 0 Å². The van der Waals surface area contributed by atoms with Crippen molar-refractivity contribution in [2.75, 3.05) is 32.1 Å². The lowest BCUT2D eigenvalue weighted by molar-refractivity contribution is 0.0185. The SMILES string of the molecule is COc1ccccc1N(C)C1C2CCN(CC2)C1C(c1ccccc1)c1ccccc1. The summed E-state index contributed by atoms with van der Waals surface area (Å²) in [6, 6.07) is 31.5. The van der Waals surface area contributed by atoms with Gasteiger partial charge in [0.05, 0.1) is 12.8 Å².